The predicted octanol–water partition coefficient (Wildman–Crippen LogP) is 1.91. The van der Waals surface area contributed by atoms with E-state index in [-0.39, 0.29) is 5.52 Å². The Kier molecular flexibility index (Phi) is 3.16. The topological polar surface area (TPSA) is 109 Å². The molecule has 0 aliphatic heterocycles. The zero-order valence-corrected chi connectivity index (χ0v) is 10.8. The Morgan fingerprint density at radius 3 is 2.25 bits per heavy atom. The van der Waals surface area contributed by atoms with Crippen molar-refractivity contribution < 1.29 is 18.1 Å². The number of H-pyrrole nitrogens is 2. The third-order valence-electron chi connectivity index (χ3n) is 2.41. The first-order chi connectivity index (χ1) is 9.12. The van der Waals surface area contributed by atoms with Gasteiger partial charge in [0.2, 0.25) is 0 Å². The molecule has 1 heterocycles. The Morgan fingerprint density at radius 1 is 1.20 bits per heavy atom. The van der Waals surface area contributed by atoms with Gasteiger partial charge in [-0.05, 0) is 22.0 Å². The summed E-state index contributed by atoms with van der Waals surface area (Å²) in [5.74, 6) is 0. The number of alkyl halides is 3. The van der Waals surface area contributed by atoms with Gasteiger partial charge in [-0.3, -0.25) is 19.7 Å². The van der Waals surface area contributed by atoms with Crippen molar-refractivity contribution in [3.05, 3.63) is 46.9 Å². The number of nitrogens with one attached hydrogen (secondary N) is 2. The molecular formula is C9H3BrF3N3O4. The number of aromatic nitrogens is 2. The van der Waals surface area contributed by atoms with Gasteiger partial charge in [0.05, 0.1) is 10.4 Å². The molecule has 2 N–H and O–H groups in total. The fourth-order valence-corrected chi connectivity index (χ4v) is 2.30. The molecule has 0 unspecified atom stereocenters. The summed E-state index contributed by atoms with van der Waals surface area (Å²) in [5.41, 5.74) is -6.28. The Bertz CT molecular complexity index is 839. The average Bonchev–Trinajstić information content (AvgIpc) is 2.28. The van der Waals surface area contributed by atoms with Gasteiger partial charge in [0.1, 0.15) is 11.1 Å². The Labute approximate surface area is 114 Å². The standard InChI is InChI=1S/C9H3BrF3N3O4/c10-2-1-3-5(15-8(18)7(17)14-3)6(16(19)20)4(2)9(11,12)13/h1H,(H,14,17)(H,15,18). The number of hydrogen-bond acceptors (Lipinski definition) is 4. The number of halogens is 4. The molecule has 2 rings (SSSR count). The van der Waals surface area contributed by atoms with E-state index in [0.29, 0.717) is 0 Å². The highest BCUT2D eigenvalue weighted by atomic mass is 79.9. The largest absolute Gasteiger partial charge is 0.424 e. The number of nitrogens with zero attached hydrogens (tertiary/aromatic N) is 1. The zero-order valence-electron chi connectivity index (χ0n) is 9.17. The van der Waals surface area contributed by atoms with Crippen LogP contribution < -0.4 is 11.1 Å². The van der Waals surface area contributed by atoms with Gasteiger partial charge in [-0.25, -0.2) is 0 Å². The van der Waals surface area contributed by atoms with E-state index in [1.54, 1.807) is 4.98 Å². The molecule has 0 saturated carbocycles. The first-order valence-corrected chi connectivity index (χ1v) is 5.62. The molecule has 1 aromatic heterocycles. The van der Waals surface area contributed by atoms with Crippen molar-refractivity contribution in [2.75, 3.05) is 0 Å². The summed E-state index contributed by atoms with van der Waals surface area (Å²) in [4.78, 5) is 35.6. The first kappa shape index (κ1) is 14.2. The molecule has 1 aromatic carbocycles. The van der Waals surface area contributed by atoms with E-state index >= 15 is 0 Å². The van der Waals surface area contributed by atoms with E-state index in [0.717, 1.165) is 6.07 Å². The summed E-state index contributed by atoms with van der Waals surface area (Å²) in [7, 11) is 0. The third-order valence-corrected chi connectivity index (χ3v) is 3.04. The second-order valence-corrected chi connectivity index (χ2v) is 4.52. The van der Waals surface area contributed by atoms with Crippen molar-refractivity contribution >= 4 is 32.7 Å². The van der Waals surface area contributed by atoms with Crippen molar-refractivity contribution in [1.82, 2.24) is 9.97 Å². The number of hydrogen-bond donors (Lipinski definition) is 2. The lowest BCUT2D eigenvalue weighted by molar-refractivity contribution is -0.386. The molecular weight excluding hydrogens is 351 g/mol. The Morgan fingerprint density at radius 2 is 1.75 bits per heavy atom. The monoisotopic (exact) mass is 353 g/mol. The maximum atomic E-state index is 12.9. The van der Waals surface area contributed by atoms with Gasteiger partial charge in [-0.2, -0.15) is 13.2 Å². The molecule has 20 heavy (non-hydrogen) atoms. The van der Waals surface area contributed by atoms with Gasteiger partial charge in [-0.1, -0.05) is 0 Å². The molecule has 0 spiro atoms. The van der Waals surface area contributed by atoms with E-state index in [1.807, 2.05) is 4.98 Å². The maximum absolute atomic E-state index is 12.9. The van der Waals surface area contributed by atoms with Crippen molar-refractivity contribution in [2.24, 2.45) is 0 Å². The van der Waals surface area contributed by atoms with Gasteiger partial charge in [0, 0.05) is 4.47 Å². The van der Waals surface area contributed by atoms with Crippen LogP contribution in [0.5, 0.6) is 0 Å². The molecule has 0 aliphatic rings. The lowest BCUT2D eigenvalue weighted by Gasteiger charge is -2.11. The molecule has 0 aliphatic carbocycles. The highest BCUT2D eigenvalue weighted by Gasteiger charge is 2.42. The fourth-order valence-electron chi connectivity index (χ4n) is 1.66. The van der Waals surface area contributed by atoms with Crippen molar-refractivity contribution in [3.8, 4) is 0 Å². The molecule has 2 aromatic rings. The number of nitro groups is 1. The van der Waals surface area contributed by atoms with Crippen LogP contribution in [0.3, 0.4) is 0 Å². The second kappa shape index (κ2) is 4.44. The summed E-state index contributed by atoms with van der Waals surface area (Å²) in [5, 5.41) is 10.9. The van der Waals surface area contributed by atoms with Crippen LogP contribution in [-0.4, -0.2) is 14.9 Å². The number of nitro benzene ring substituents is 1. The van der Waals surface area contributed by atoms with E-state index in [2.05, 4.69) is 15.9 Å². The summed E-state index contributed by atoms with van der Waals surface area (Å²) in [6.07, 6.45) is -5.01. The lowest BCUT2D eigenvalue weighted by atomic mass is 10.1. The van der Waals surface area contributed by atoms with Crippen molar-refractivity contribution in [1.29, 1.82) is 0 Å². The molecule has 0 fully saturated rings. The normalized spacial score (nSPS) is 11.8. The summed E-state index contributed by atoms with van der Waals surface area (Å²) < 4.78 is 38.0. The highest BCUT2D eigenvalue weighted by molar-refractivity contribution is 9.10. The number of benzene rings is 1. The maximum Gasteiger partial charge on any atom is 0.424 e. The minimum Gasteiger partial charge on any atom is -0.316 e. The Balaban J connectivity index is 3.10. The van der Waals surface area contributed by atoms with Gasteiger partial charge < -0.3 is 9.97 Å². The highest BCUT2D eigenvalue weighted by Crippen LogP contribution is 2.43. The lowest BCUT2D eigenvalue weighted by Crippen LogP contribution is -2.29. The number of aromatic amines is 2. The average molecular weight is 354 g/mol. The van der Waals surface area contributed by atoms with Crippen LogP contribution >= 0.6 is 15.9 Å². The minimum absolute atomic E-state index is 0.291. The minimum atomic E-state index is -5.01. The molecule has 0 bridgehead atoms. The SMILES string of the molecule is O=c1[nH]c2cc(Br)c(C(F)(F)F)c([N+](=O)[O-])c2[nH]c1=O. The fraction of sp³-hybridized carbons (Fsp3) is 0.111. The molecule has 0 radical (unpaired) electrons. The van der Waals surface area contributed by atoms with E-state index in [9.17, 15) is 32.9 Å². The van der Waals surface area contributed by atoms with E-state index in [4.69, 9.17) is 0 Å². The molecule has 106 valence electrons. The van der Waals surface area contributed by atoms with Crippen LogP contribution in [0.15, 0.2) is 20.1 Å². The molecule has 0 amide bonds. The quantitative estimate of drug-likeness (QED) is 0.463. The van der Waals surface area contributed by atoms with Crippen LogP contribution in [0.2, 0.25) is 0 Å². The van der Waals surface area contributed by atoms with Crippen LogP contribution in [0, 0.1) is 10.1 Å². The molecule has 0 atom stereocenters. The summed E-state index contributed by atoms with van der Waals surface area (Å²) >= 11 is 2.58. The van der Waals surface area contributed by atoms with Gasteiger partial charge >= 0.3 is 23.0 Å². The zero-order chi connectivity index (χ0) is 15.2. The smallest absolute Gasteiger partial charge is 0.316 e. The third kappa shape index (κ3) is 2.19. The molecule has 7 nitrogen and oxygen atoms in total. The number of rotatable bonds is 1. The van der Waals surface area contributed by atoms with Crippen LogP contribution in [-0.2, 0) is 6.18 Å². The molecule has 11 heteroatoms. The number of fused-ring (bicyclic) bond motifs is 1. The van der Waals surface area contributed by atoms with Crippen LogP contribution in [0.1, 0.15) is 5.56 Å². The van der Waals surface area contributed by atoms with E-state index < -0.39 is 43.5 Å². The summed E-state index contributed by atoms with van der Waals surface area (Å²) in [6, 6.07) is 0.836. The van der Waals surface area contributed by atoms with Gasteiger partial charge in [0.15, 0.2) is 0 Å². The summed E-state index contributed by atoms with van der Waals surface area (Å²) in [6.45, 7) is 0. The predicted molar refractivity (Wildman–Crippen MR) is 64.5 cm³/mol. The van der Waals surface area contributed by atoms with Crippen molar-refractivity contribution in [3.63, 3.8) is 0 Å². The first-order valence-electron chi connectivity index (χ1n) is 4.83. The van der Waals surface area contributed by atoms with Crippen LogP contribution in [0.25, 0.3) is 11.0 Å². The van der Waals surface area contributed by atoms with Crippen molar-refractivity contribution in [2.45, 2.75) is 6.18 Å². The molecule has 0 saturated heterocycles. The van der Waals surface area contributed by atoms with Gasteiger partial charge in [0.25, 0.3) is 0 Å². The Hall–Kier alpha value is -2.17. The van der Waals surface area contributed by atoms with Crippen LogP contribution in [0.4, 0.5) is 18.9 Å². The van der Waals surface area contributed by atoms with Gasteiger partial charge in [-0.15, -0.1) is 0 Å². The van der Waals surface area contributed by atoms with E-state index in [1.165, 1.54) is 0 Å². The second-order valence-electron chi connectivity index (χ2n) is 3.67.